The number of rotatable bonds is 2. The van der Waals surface area contributed by atoms with Crippen LogP contribution in [0.5, 0.6) is 5.75 Å². The van der Waals surface area contributed by atoms with Gasteiger partial charge in [-0.1, -0.05) is 0 Å². The van der Waals surface area contributed by atoms with E-state index in [9.17, 15) is 9.59 Å². The van der Waals surface area contributed by atoms with E-state index in [-0.39, 0.29) is 18.0 Å². The first-order chi connectivity index (χ1) is 9.04. The molecule has 0 fully saturated rings. The standard InChI is InChI=1S/C13H17N3O3/c1-8(2)14-13(18)15-9-3-4-11-10(7-9)16-12(17)5-6-19-11/h3-4,7-8H,5-6H2,1-2H3,(H,16,17)(H2,14,15,18). The molecule has 1 aliphatic heterocycles. The molecule has 0 saturated carbocycles. The summed E-state index contributed by atoms with van der Waals surface area (Å²) >= 11 is 0. The maximum atomic E-state index is 11.6. The molecule has 0 unspecified atom stereocenters. The Balaban J connectivity index is 2.11. The molecule has 0 atom stereocenters. The Hall–Kier alpha value is -2.24. The number of amides is 3. The van der Waals surface area contributed by atoms with E-state index in [1.165, 1.54) is 0 Å². The van der Waals surface area contributed by atoms with Crippen LogP contribution in [0.25, 0.3) is 0 Å². The number of anilines is 2. The maximum Gasteiger partial charge on any atom is 0.319 e. The summed E-state index contributed by atoms with van der Waals surface area (Å²) in [5.74, 6) is 0.517. The molecule has 6 heteroatoms. The van der Waals surface area contributed by atoms with E-state index in [2.05, 4.69) is 16.0 Å². The summed E-state index contributed by atoms with van der Waals surface area (Å²) in [5.41, 5.74) is 1.17. The van der Waals surface area contributed by atoms with Crippen molar-refractivity contribution in [3.63, 3.8) is 0 Å². The lowest BCUT2D eigenvalue weighted by molar-refractivity contribution is -0.116. The smallest absolute Gasteiger partial charge is 0.319 e. The quantitative estimate of drug-likeness (QED) is 0.762. The van der Waals surface area contributed by atoms with Crippen LogP contribution in [0.4, 0.5) is 16.2 Å². The molecule has 1 aromatic carbocycles. The minimum Gasteiger partial charge on any atom is -0.491 e. The van der Waals surface area contributed by atoms with E-state index in [1.807, 2.05) is 13.8 Å². The molecule has 0 saturated heterocycles. The van der Waals surface area contributed by atoms with Gasteiger partial charge in [0.05, 0.1) is 18.7 Å². The minimum atomic E-state index is -0.282. The molecule has 0 bridgehead atoms. The van der Waals surface area contributed by atoms with Crippen LogP contribution >= 0.6 is 0 Å². The third-order valence-corrected chi connectivity index (χ3v) is 2.52. The lowest BCUT2D eigenvalue weighted by Crippen LogP contribution is -2.34. The molecule has 3 amide bonds. The van der Waals surface area contributed by atoms with Crippen molar-refractivity contribution in [1.82, 2.24) is 5.32 Å². The number of carbonyl (C=O) groups excluding carboxylic acids is 2. The summed E-state index contributed by atoms with van der Waals surface area (Å²) in [4.78, 5) is 23.0. The monoisotopic (exact) mass is 263 g/mol. The fourth-order valence-electron chi connectivity index (χ4n) is 1.73. The average molecular weight is 263 g/mol. The Morgan fingerprint density at radius 2 is 2.21 bits per heavy atom. The van der Waals surface area contributed by atoms with Crippen LogP contribution < -0.4 is 20.7 Å². The van der Waals surface area contributed by atoms with Crippen LogP contribution in [0, 0.1) is 0 Å². The first-order valence-electron chi connectivity index (χ1n) is 6.19. The van der Waals surface area contributed by atoms with Crippen molar-refractivity contribution in [3.8, 4) is 5.75 Å². The van der Waals surface area contributed by atoms with Gasteiger partial charge in [-0.3, -0.25) is 4.79 Å². The van der Waals surface area contributed by atoms with Gasteiger partial charge in [-0.05, 0) is 32.0 Å². The van der Waals surface area contributed by atoms with Crippen LogP contribution in [-0.2, 0) is 4.79 Å². The summed E-state index contributed by atoms with van der Waals surface area (Å²) in [6, 6.07) is 4.92. The minimum absolute atomic E-state index is 0.0591. The van der Waals surface area contributed by atoms with Crippen molar-refractivity contribution in [2.75, 3.05) is 17.2 Å². The van der Waals surface area contributed by atoms with E-state index >= 15 is 0 Å². The summed E-state index contributed by atoms with van der Waals surface area (Å²) < 4.78 is 5.43. The number of ether oxygens (including phenoxy) is 1. The van der Waals surface area contributed by atoms with Crippen molar-refractivity contribution in [3.05, 3.63) is 18.2 Å². The second-order valence-electron chi connectivity index (χ2n) is 4.61. The van der Waals surface area contributed by atoms with Gasteiger partial charge in [0.25, 0.3) is 0 Å². The van der Waals surface area contributed by atoms with Crippen LogP contribution in [-0.4, -0.2) is 24.6 Å². The van der Waals surface area contributed by atoms with Crippen molar-refractivity contribution < 1.29 is 14.3 Å². The van der Waals surface area contributed by atoms with Crippen molar-refractivity contribution in [2.45, 2.75) is 26.3 Å². The van der Waals surface area contributed by atoms with Gasteiger partial charge in [-0.15, -0.1) is 0 Å². The van der Waals surface area contributed by atoms with Crippen LogP contribution in [0.2, 0.25) is 0 Å². The molecule has 0 aliphatic carbocycles. The van der Waals surface area contributed by atoms with Gasteiger partial charge in [0.1, 0.15) is 5.75 Å². The van der Waals surface area contributed by atoms with Gasteiger partial charge < -0.3 is 20.7 Å². The Kier molecular flexibility index (Phi) is 3.89. The highest BCUT2D eigenvalue weighted by atomic mass is 16.5. The molecule has 3 N–H and O–H groups in total. The van der Waals surface area contributed by atoms with E-state index in [1.54, 1.807) is 18.2 Å². The molecule has 0 spiro atoms. The normalized spacial score (nSPS) is 13.9. The van der Waals surface area contributed by atoms with Gasteiger partial charge in [0, 0.05) is 11.7 Å². The molecule has 102 valence electrons. The number of fused-ring (bicyclic) bond motifs is 1. The molecule has 1 aliphatic rings. The summed E-state index contributed by atoms with van der Waals surface area (Å²) in [7, 11) is 0. The Morgan fingerprint density at radius 1 is 1.42 bits per heavy atom. The van der Waals surface area contributed by atoms with E-state index in [0.29, 0.717) is 30.2 Å². The van der Waals surface area contributed by atoms with Crippen molar-refractivity contribution in [2.24, 2.45) is 0 Å². The second-order valence-corrected chi connectivity index (χ2v) is 4.61. The number of hydrogen-bond donors (Lipinski definition) is 3. The number of urea groups is 1. The highest BCUT2D eigenvalue weighted by Crippen LogP contribution is 2.29. The molecule has 1 heterocycles. The van der Waals surface area contributed by atoms with Crippen molar-refractivity contribution in [1.29, 1.82) is 0 Å². The lowest BCUT2D eigenvalue weighted by Gasteiger charge is -2.12. The fraction of sp³-hybridized carbons (Fsp3) is 0.385. The summed E-state index contributed by atoms with van der Waals surface area (Å²) in [6.07, 6.45) is 0.325. The van der Waals surface area contributed by atoms with E-state index in [4.69, 9.17) is 4.74 Å². The fourth-order valence-corrected chi connectivity index (χ4v) is 1.73. The van der Waals surface area contributed by atoms with Crippen molar-refractivity contribution >= 4 is 23.3 Å². The van der Waals surface area contributed by atoms with Gasteiger partial charge in [-0.2, -0.15) is 0 Å². The molecule has 6 nitrogen and oxygen atoms in total. The van der Waals surface area contributed by atoms with Gasteiger partial charge in [0.15, 0.2) is 0 Å². The number of hydrogen-bond acceptors (Lipinski definition) is 3. The molecule has 19 heavy (non-hydrogen) atoms. The highest BCUT2D eigenvalue weighted by molar-refractivity contribution is 5.95. The predicted octanol–water partition coefficient (Wildman–Crippen LogP) is 1.94. The molecule has 0 aromatic heterocycles. The molecular formula is C13H17N3O3. The lowest BCUT2D eigenvalue weighted by atomic mass is 10.2. The van der Waals surface area contributed by atoms with Crippen LogP contribution in [0.3, 0.4) is 0 Å². The summed E-state index contributed by atoms with van der Waals surface area (Å²) in [5, 5.41) is 8.17. The number of nitrogens with one attached hydrogen (secondary N) is 3. The highest BCUT2D eigenvalue weighted by Gasteiger charge is 2.14. The largest absolute Gasteiger partial charge is 0.491 e. The number of carbonyl (C=O) groups is 2. The van der Waals surface area contributed by atoms with Gasteiger partial charge in [-0.25, -0.2) is 4.79 Å². The predicted molar refractivity (Wildman–Crippen MR) is 72.5 cm³/mol. The third kappa shape index (κ3) is 3.61. The van der Waals surface area contributed by atoms with Gasteiger partial charge >= 0.3 is 6.03 Å². The van der Waals surface area contributed by atoms with Crippen LogP contribution in [0.15, 0.2) is 18.2 Å². The topological polar surface area (TPSA) is 79.5 Å². The van der Waals surface area contributed by atoms with E-state index < -0.39 is 0 Å². The molecular weight excluding hydrogens is 246 g/mol. The Bertz CT molecular complexity index is 500. The third-order valence-electron chi connectivity index (χ3n) is 2.52. The van der Waals surface area contributed by atoms with E-state index in [0.717, 1.165) is 0 Å². The SMILES string of the molecule is CC(C)NC(=O)Nc1ccc2c(c1)NC(=O)CCO2. The zero-order valence-corrected chi connectivity index (χ0v) is 10.9. The summed E-state index contributed by atoms with van der Waals surface area (Å²) in [6.45, 7) is 4.12. The maximum absolute atomic E-state index is 11.6. The molecule has 1 aromatic rings. The Morgan fingerprint density at radius 3 is 2.95 bits per heavy atom. The first kappa shape index (κ1) is 13.2. The first-order valence-corrected chi connectivity index (χ1v) is 6.19. The average Bonchev–Trinajstić information content (AvgIpc) is 2.48. The molecule has 2 rings (SSSR count). The second kappa shape index (κ2) is 5.60. The Labute approximate surface area is 111 Å². The van der Waals surface area contributed by atoms with Gasteiger partial charge in [0.2, 0.25) is 5.91 Å². The van der Waals surface area contributed by atoms with Crippen LogP contribution in [0.1, 0.15) is 20.3 Å². The zero-order valence-electron chi connectivity index (χ0n) is 10.9. The molecule has 0 radical (unpaired) electrons. The zero-order chi connectivity index (χ0) is 13.8. The number of benzene rings is 1.